The lowest BCUT2D eigenvalue weighted by atomic mass is 10.1. The Labute approximate surface area is 119 Å². The van der Waals surface area contributed by atoms with Crippen LogP contribution in [0, 0.1) is 0 Å². The summed E-state index contributed by atoms with van der Waals surface area (Å²) in [5.41, 5.74) is -0.155. The number of methoxy groups -OCH3 is 1. The minimum atomic E-state index is -4.03. The van der Waals surface area contributed by atoms with Gasteiger partial charge in [-0.2, -0.15) is 0 Å². The second-order valence-electron chi connectivity index (χ2n) is 3.88. The van der Waals surface area contributed by atoms with Crippen molar-refractivity contribution in [3.05, 3.63) is 23.8 Å². The minimum absolute atomic E-state index is 0.0696. The fourth-order valence-electron chi connectivity index (χ4n) is 1.50. The quantitative estimate of drug-likeness (QED) is 0.776. The van der Waals surface area contributed by atoms with Gasteiger partial charge in [-0.25, -0.2) is 17.2 Å². The highest BCUT2D eigenvalue weighted by Gasteiger charge is 2.22. The van der Waals surface area contributed by atoms with Gasteiger partial charge in [-0.05, 0) is 18.2 Å². The highest BCUT2D eigenvalue weighted by molar-refractivity contribution is 8.13. The summed E-state index contributed by atoms with van der Waals surface area (Å²) in [6.07, 6.45) is -2.70. The van der Waals surface area contributed by atoms with Gasteiger partial charge in [-0.15, -0.1) is 0 Å². The Hall–Kier alpha value is -1.41. The van der Waals surface area contributed by atoms with E-state index in [9.17, 15) is 22.0 Å². The molecule has 0 aliphatic heterocycles. The molecule has 0 saturated carbocycles. The van der Waals surface area contributed by atoms with Crippen LogP contribution in [0.25, 0.3) is 0 Å². The number of hydrogen-bond acceptors (Lipinski definition) is 4. The van der Waals surface area contributed by atoms with Gasteiger partial charge in [0.2, 0.25) is 0 Å². The maximum atomic E-state index is 12.3. The molecule has 0 spiro atoms. The zero-order valence-corrected chi connectivity index (χ0v) is 12.2. The van der Waals surface area contributed by atoms with E-state index in [4.69, 9.17) is 15.4 Å². The molecule has 1 aromatic rings. The van der Waals surface area contributed by atoms with Crippen LogP contribution in [-0.4, -0.2) is 46.4 Å². The van der Waals surface area contributed by atoms with Crippen LogP contribution in [-0.2, 0) is 9.05 Å². The van der Waals surface area contributed by atoms with E-state index in [0.717, 1.165) is 17.0 Å². The molecule has 0 unspecified atom stereocenters. The average Bonchev–Trinajstić information content (AvgIpc) is 2.35. The molecule has 0 atom stereocenters. The first-order chi connectivity index (χ1) is 9.16. The number of nitrogens with zero attached hydrogens (tertiary/aromatic N) is 1. The smallest absolute Gasteiger partial charge is 0.261 e. The van der Waals surface area contributed by atoms with Gasteiger partial charge in [0, 0.05) is 17.7 Å². The highest BCUT2D eigenvalue weighted by atomic mass is 35.7. The molecule has 0 bridgehead atoms. The SMILES string of the molecule is COc1ccc(S(=O)(=O)Cl)cc1C(=O)N(C)CC(F)F. The molecule has 1 amide bonds. The first kappa shape index (κ1) is 16.6. The van der Waals surface area contributed by atoms with Crippen LogP contribution >= 0.6 is 10.7 Å². The number of benzene rings is 1. The standard InChI is InChI=1S/C11H12ClF2NO4S/c1-15(6-10(13)14)11(16)8-5-7(20(12,17)18)3-4-9(8)19-2/h3-5,10H,6H2,1-2H3. The van der Waals surface area contributed by atoms with Gasteiger partial charge in [-0.3, -0.25) is 4.79 Å². The molecular weight excluding hydrogens is 316 g/mol. The van der Waals surface area contributed by atoms with Crippen molar-refractivity contribution in [2.75, 3.05) is 20.7 Å². The van der Waals surface area contributed by atoms with Crippen molar-refractivity contribution in [3.63, 3.8) is 0 Å². The van der Waals surface area contributed by atoms with Gasteiger partial charge in [-0.1, -0.05) is 0 Å². The maximum Gasteiger partial charge on any atom is 0.261 e. The first-order valence-corrected chi connectivity index (χ1v) is 7.64. The summed E-state index contributed by atoms with van der Waals surface area (Å²) in [5.74, 6) is -0.718. The fraction of sp³-hybridized carbons (Fsp3) is 0.364. The Kier molecular flexibility index (Phi) is 5.29. The molecule has 0 aromatic heterocycles. The first-order valence-electron chi connectivity index (χ1n) is 5.33. The minimum Gasteiger partial charge on any atom is -0.496 e. The second kappa shape index (κ2) is 6.36. The number of carbonyl (C=O) groups excluding carboxylic acids is 1. The number of alkyl halides is 2. The predicted octanol–water partition coefficient (Wildman–Crippen LogP) is 1.96. The Morgan fingerprint density at radius 3 is 2.50 bits per heavy atom. The molecule has 0 heterocycles. The lowest BCUT2D eigenvalue weighted by Crippen LogP contribution is -2.31. The molecule has 0 aliphatic rings. The van der Waals surface area contributed by atoms with Crippen molar-refractivity contribution in [1.29, 1.82) is 0 Å². The number of rotatable bonds is 5. The van der Waals surface area contributed by atoms with Gasteiger partial charge in [0.05, 0.1) is 24.1 Å². The molecule has 20 heavy (non-hydrogen) atoms. The van der Waals surface area contributed by atoms with E-state index in [1.54, 1.807) is 0 Å². The van der Waals surface area contributed by atoms with Crippen LogP contribution < -0.4 is 4.74 Å². The summed E-state index contributed by atoms with van der Waals surface area (Å²) < 4.78 is 51.9. The van der Waals surface area contributed by atoms with E-state index in [0.29, 0.717) is 0 Å². The van der Waals surface area contributed by atoms with Gasteiger partial charge in [0.15, 0.2) is 0 Å². The van der Waals surface area contributed by atoms with E-state index in [1.165, 1.54) is 20.2 Å². The predicted molar refractivity (Wildman–Crippen MR) is 69.0 cm³/mol. The number of carbonyl (C=O) groups is 1. The third kappa shape index (κ3) is 4.04. The molecule has 9 heteroatoms. The summed E-state index contributed by atoms with van der Waals surface area (Å²) in [5, 5.41) is 0. The number of hydrogen-bond donors (Lipinski definition) is 0. The molecular formula is C11H12ClF2NO4S. The monoisotopic (exact) mass is 327 g/mol. The van der Waals surface area contributed by atoms with Gasteiger partial charge in [0.25, 0.3) is 21.4 Å². The molecule has 0 radical (unpaired) electrons. The maximum absolute atomic E-state index is 12.3. The van der Waals surface area contributed by atoms with Crippen molar-refractivity contribution in [2.45, 2.75) is 11.3 Å². The molecule has 0 N–H and O–H groups in total. The van der Waals surface area contributed by atoms with Crippen LogP contribution in [0.4, 0.5) is 8.78 Å². The molecule has 1 rings (SSSR count). The third-order valence-corrected chi connectivity index (χ3v) is 3.79. The lowest BCUT2D eigenvalue weighted by molar-refractivity contribution is 0.0617. The zero-order valence-electron chi connectivity index (χ0n) is 10.6. The van der Waals surface area contributed by atoms with E-state index in [2.05, 4.69) is 0 Å². The fourth-order valence-corrected chi connectivity index (χ4v) is 2.28. The van der Waals surface area contributed by atoms with Gasteiger partial charge in [0.1, 0.15) is 5.75 Å². The number of amides is 1. The summed E-state index contributed by atoms with van der Waals surface area (Å²) in [6, 6.07) is 3.38. The highest BCUT2D eigenvalue weighted by Crippen LogP contribution is 2.25. The van der Waals surface area contributed by atoms with Crippen LogP contribution in [0.15, 0.2) is 23.1 Å². The van der Waals surface area contributed by atoms with Crippen molar-refractivity contribution in [2.24, 2.45) is 0 Å². The van der Waals surface area contributed by atoms with E-state index in [1.807, 2.05) is 0 Å². The lowest BCUT2D eigenvalue weighted by Gasteiger charge is -2.18. The van der Waals surface area contributed by atoms with Gasteiger partial charge >= 0.3 is 0 Å². The number of ether oxygens (including phenoxy) is 1. The Morgan fingerprint density at radius 1 is 1.45 bits per heavy atom. The van der Waals surface area contributed by atoms with Crippen LogP contribution in [0.2, 0.25) is 0 Å². The largest absolute Gasteiger partial charge is 0.496 e. The average molecular weight is 328 g/mol. The second-order valence-corrected chi connectivity index (χ2v) is 6.44. The van der Waals surface area contributed by atoms with Crippen molar-refractivity contribution >= 4 is 25.6 Å². The van der Waals surface area contributed by atoms with E-state index in [-0.39, 0.29) is 16.2 Å². The van der Waals surface area contributed by atoms with Crippen LogP contribution in [0.5, 0.6) is 5.75 Å². The molecule has 0 fully saturated rings. The molecule has 0 saturated heterocycles. The van der Waals surface area contributed by atoms with E-state index < -0.39 is 27.9 Å². The normalized spacial score (nSPS) is 11.5. The van der Waals surface area contributed by atoms with Crippen molar-refractivity contribution in [1.82, 2.24) is 4.90 Å². The topological polar surface area (TPSA) is 63.7 Å². The molecule has 112 valence electrons. The van der Waals surface area contributed by atoms with Crippen molar-refractivity contribution < 1.29 is 26.7 Å². The Morgan fingerprint density at radius 2 is 2.05 bits per heavy atom. The molecule has 5 nitrogen and oxygen atoms in total. The molecule has 0 aliphatic carbocycles. The summed E-state index contributed by atoms with van der Waals surface area (Å²) >= 11 is 0. The van der Waals surface area contributed by atoms with E-state index >= 15 is 0 Å². The summed E-state index contributed by atoms with van der Waals surface area (Å²) in [6.45, 7) is -0.778. The Balaban J connectivity index is 3.24. The van der Waals surface area contributed by atoms with Crippen LogP contribution in [0.3, 0.4) is 0 Å². The van der Waals surface area contributed by atoms with Crippen LogP contribution in [0.1, 0.15) is 10.4 Å². The molecule has 1 aromatic carbocycles. The van der Waals surface area contributed by atoms with Gasteiger partial charge < -0.3 is 9.64 Å². The summed E-state index contributed by atoms with van der Waals surface area (Å²) in [7, 11) is 3.59. The number of halogens is 3. The van der Waals surface area contributed by atoms with Crippen molar-refractivity contribution in [3.8, 4) is 5.75 Å². The third-order valence-electron chi connectivity index (χ3n) is 2.44. The Bertz CT molecular complexity index is 606. The summed E-state index contributed by atoms with van der Waals surface area (Å²) in [4.78, 5) is 12.5. The zero-order chi connectivity index (χ0) is 15.5.